The van der Waals surface area contributed by atoms with Gasteiger partial charge in [0.2, 0.25) is 5.91 Å². The van der Waals surface area contributed by atoms with Gasteiger partial charge >= 0.3 is 0 Å². The number of carbonyl (C=O) groups excluding carboxylic acids is 1. The third-order valence-corrected chi connectivity index (χ3v) is 4.67. The molecule has 1 unspecified atom stereocenters. The molecule has 4 heteroatoms. The SMILES string of the molecule is Cc1ccc(C(C(=O)NCc2cc3ccccc3[nH]c2=O)C(C)C)cc1. The Balaban J connectivity index is 1.79. The maximum Gasteiger partial charge on any atom is 0.253 e. The highest BCUT2D eigenvalue weighted by atomic mass is 16.2. The largest absolute Gasteiger partial charge is 0.351 e. The lowest BCUT2D eigenvalue weighted by Crippen LogP contribution is -2.33. The van der Waals surface area contributed by atoms with Crippen LogP contribution in [0.3, 0.4) is 0 Å². The summed E-state index contributed by atoms with van der Waals surface area (Å²) in [6.45, 7) is 6.31. The first-order chi connectivity index (χ1) is 12.5. The van der Waals surface area contributed by atoms with E-state index in [1.165, 1.54) is 5.56 Å². The Hall–Kier alpha value is -2.88. The summed E-state index contributed by atoms with van der Waals surface area (Å²) in [6.07, 6.45) is 0. The number of fused-ring (bicyclic) bond motifs is 1. The number of pyridine rings is 1. The fourth-order valence-corrected chi connectivity index (χ4v) is 3.23. The molecular formula is C22H24N2O2. The highest BCUT2D eigenvalue weighted by Crippen LogP contribution is 2.25. The van der Waals surface area contributed by atoms with Crippen LogP contribution in [0, 0.1) is 12.8 Å². The maximum atomic E-state index is 12.8. The Morgan fingerprint density at radius 2 is 1.77 bits per heavy atom. The zero-order chi connectivity index (χ0) is 18.7. The van der Waals surface area contributed by atoms with E-state index in [2.05, 4.69) is 10.3 Å². The smallest absolute Gasteiger partial charge is 0.253 e. The molecule has 0 aliphatic heterocycles. The van der Waals surface area contributed by atoms with Crippen LogP contribution in [0.15, 0.2) is 59.4 Å². The molecule has 3 rings (SSSR count). The van der Waals surface area contributed by atoms with Crippen molar-refractivity contribution >= 4 is 16.8 Å². The molecule has 2 N–H and O–H groups in total. The predicted octanol–water partition coefficient (Wildman–Crippen LogP) is 3.89. The summed E-state index contributed by atoms with van der Waals surface area (Å²) in [5.41, 5.74) is 3.35. The number of hydrogen-bond acceptors (Lipinski definition) is 2. The highest BCUT2D eigenvalue weighted by Gasteiger charge is 2.24. The van der Waals surface area contributed by atoms with Gasteiger partial charge in [0.25, 0.3) is 5.56 Å². The van der Waals surface area contributed by atoms with E-state index in [1.54, 1.807) is 0 Å². The number of benzene rings is 2. The minimum absolute atomic E-state index is 0.0589. The zero-order valence-corrected chi connectivity index (χ0v) is 15.4. The topological polar surface area (TPSA) is 62.0 Å². The van der Waals surface area contributed by atoms with Crippen molar-refractivity contribution in [3.8, 4) is 0 Å². The molecule has 1 amide bonds. The highest BCUT2D eigenvalue weighted by molar-refractivity contribution is 5.84. The van der Waals surface area contributed by atoms with Gasteiger partial charge in [-0.25, -0.2) is 0 Å². The van der Waals surface area contributed by atoms with Crippen LogP contribution < -0.4 is 10.9 Å². The second-order valence-electron chi connectivity index (χ2n) is 7.06. The van der Waals surface area contributed by atoms with Crippen molar-refractivity contribution in [2.24, 2.45) is 5.92 Å². The summed E-state index contributed by atoms with van der Waals surface area (Å²) in [4.78, 5) is 27.9. The molecule has 2 aromatic carbocycles. The summed E-state index contributed by atoms with van der Waals surface area (Å²) in [5, 5.41) is 3.89. The van der Waals surface area contributed by atoms with E-state index in [9.17, 15) is 9.59 Å². The number of nitrogens with one attached hydrogen (secondary N) is 2. The third-order valence-electron chi connectivity index (χ3n) is 4.67. The van der Waals surface area contributed by atoms with E-state index < -0.39 is 0 Å². The number of hydrogen-bond donors (Lipinski definition) is 2. The Morgan fingerprint density at radius 3 is 2.46 bits per heavy atom. The summed E-state index contributed by atoms with van der Waals surface area (Å²) in [7, 11) is 0. The number of aromatic amines is 1. The molecule has 1 aromatic heterocycles. The van der Waals surface area contributed by atoms with Crippen LogP contribution in [0.5, 0.6) is 0 Å². The number of para-hydroxylation sites is 1. The van der Waals surface area contributed by atoms with Crippen LogP contribution in [0.4, 0.5) is 0 Å². The quantitative estimate of drug-likeness (QED) is 0.735. The van der Waals surface area contributed by atoms with E-state index in [1.807, 2.05) is 75.4 Å². The first-order valence-corrected chi connectivity index (χ1v) is 8.91. The van der Waals surface area contributed by atoms with E-state index in [0.29, 0.717) is 5.56 Å². The molecule has 4 nitrogen and oxygen atoms in total. The van der Waals surface area contributed by atoms with Crippen LogP contribution >= 0.6 is 0 Å². The van der Waals surface area contributed by atoms with Gasteiger partial charge in [-0.05, 0) is 35.9 Å². The van der Waals surface area contributed by atoms with E-state index in [0.717, 1.165) is 16.5 Å². The minimum Gasteiger partial charge on any atom is -0.351 e. The third kappa shape index (κ3) is 3.85. The fourth-order valence-electron chi connectivity index (χ4n) is 3.23. The molecule has 134 valence electrons. The molecule has 0 aliphatic rings. The standard InChI is InChI=1S/C22H24N2O2/c1-14(2)20(16-10-8-15(3)9-11-16)22(26)23-13-18-12-17-6-4-5-7-19(17)24-21(18)25/h4-12,14,20H,13H2,1-3H3,(H,23,26)(H,24,25). The molecule has 0 radical (unpaired) electrons. The van der Waals surface area contributed by atoms with Gasteiger partial charge in [-0.2, -0.15) is 0 Å². The summed E-state index contributed by atoms with van der Waals surface area (Å²) in [5.74, 6) is -0.140. The van der Waals surface area contributed by atoms with Crippen molar-refractivity contribution in [1.82, 2.24) is 10.3 Å². The van der Waals surface area contributed by atoms with Gasteiger partial charge in [-0.15, -0.1) is 0 Å². The number of H-pyrrole nitrogens is 1. The predicted molar refractivity (Wildman–Crippen MR) is 105 cm³/mol. The Bertz CT molecular complexity index is 971. The van der Waals surface area contributed by atoms with E-state index in [-0.39, 0.29) is 29.8 Å². The first kappa shape index (κ1) is 17.9. The number of aryl methyl sites for hydroxylation is 1. The van der Waals surface area contributed by atoms with Crippen LogP contribution in [-0.4, -0.2) is 10.9 Å². The molecule has 1 heterocycles. The van der Waals surface area contributed by atoms with Crippen LogP contribution in [0.2, 0.25) is 0 Å². The molecule has 0 saturated carbocycles. The Morgan fingerprint density at radius 1 is 1.08 bits per heavy atom. The van der Waals surface area contributed by atoms with Gasteiger partial charge in [-0.1, -0.05) is 61.9 Å². The average Bonchev–Trinajstić information content (AvgIpc) is 2.61. The monoisotopic (exact) mass is 348 g/mol. The van der Waals surface area contributed by atoms with Gasteiger partial charge in [0, 0.05) is 17.6 Å². The van der Waals surface area contributed by atoms with Gasteiger partial charge in [-0.3, -0.25) is 9.59 Å². The maximum absolute atomic E-state index is 12.8. The van der Waals surface area contributed by atoms with Crippen molar-refractivity contribution in [2.75, 3.05) is 0 Å². The molecule has 3 aromatic rings. The summed E-state index contributed by atoms with van der Waals surface area (Å²) in [6, 6.07) is 17.5. The molecule has 0 bridgehead atoms. The lowest BCUT2D eigenvalue weighted by molar-refractivity contribution is -0.123. The second-order valence-corrected chi connectivity index (χ2v) is 7.06. The molecule has 1 atom stereocenters. The molecule has 0 saturated heterocycles. The minimum atomic E-state index is -0.241. The van der Waals surface area contributed by atoms with Crippen molar-refractivity contribution in [2.45, 2.75) is 33.2 Å². The number of aromatic nitrogens is 1. The molecule has 0 spiro atoms. The lowest BCUT2D eigenvalue weighted by atomic mass is 9.87. The molecule has 26 heavy (non-hydrogen) atoms. The van der Waals surface area contributed by atoms with E-state index >= 15 is 0 Å². The zero-order valence-electron chi connectivity index (χ0n) is 15.4. The first-order valence-electron chi connectivity index (χ1n) is 8.91. The van der Waals surface area contributed by atoms with Crippen molar-refractivity contribution in [3.05, 3.63) is 81.6 Å². The van der Waals surface area contributed by atoms with E-state index in [4.69, 9.17) is 0 Å². The lowest BCUT2D eigenvalue weighted by Gasteiger charge is -2.21. The second kappa shape index (κ2) is 7.56. The van der Waals surface area contributed by atoms with Gasteiger partial charge in [0.05, 0.1) is 5.92 Å². The normalized spacial score (nSPS) is 12.3. The number of rotatable bonds is 5. The van der Waals surface area contributed by atoms with Crippen molar-refractivity contribution < 1.29 is 4.79 Å². The van der Waals surface area contributed by atoms with Crippen molar-refractivity contribution in [3.63, 3.8) is 0 Å². The van der Waals surface area contributed by atoms with Crippen molar-refractivity contribution in [1.29, 1.82) is 0 Å². The summed E-state index contributed by atoms with van der Waals surface area (Å²) < 4.78 is 0. The number of amides is 1. The average molecular weight is 348 g/mol. The van der Waals surface area contributed by atoms with Crippen LogP contribution in [0.25, 0.3) is 10.9 Å². The molecule has 0 fully saturated rings. The fraction of sp³-hybridized carbons (Fsp3) is 0.273. The summed E-state index contributed by atoms with van der Waals surface area (Å²) >= 11 is 0. The van der Waals surface area contributed by atoms with Gasteiger partial charge < -0.3 is 10.3 Å². The Kier molecular flexibility index (Phi) is 5.21. The molecular weight excluding hydrogens is 324 g/mol. The van der Waals surface area contributed by atoms with Crippen LogP contribution in [-0.2, 0) is 11.3 Å². The Labute approximate surface area is 153 Å². The molecule has 0 aliphatic carbocycles. The van der Waals surface area contributed by atoms with Gasteiger partial charge in [0.1, 0.15) is 0 Å². The van der Waals surface area contributed by atoms with Crippen LogP contribution in [0.1, 0.15) is 36.5 Å². The number of carbonyl (C=O) groups is 1. The van der Waals surface area contributed by atoms with Gasteiger partial charge in [0.15, 0.2) is 0 Å².